The van der Waals surface area contributed by atoms with Crippen LogP contribution in [0.4, 0.5) is 0 Å². The van der Waals surface area contributed by atoms with Crippen LogP contribution in [-0.2, 0) is 27.3 Å². The van der Waals surface area contributed by atoms with Gasteiger partial charge in [0, 0.05) is 0 Å². The Morgan fingerprint density at radius 3 is 1.37 bits per heavy atom. The van der Waals surface area contributed by atoms with Crippen LogP contribution in [0.25, 0.3) is 0 Å². The summed E-state index contributed by atoms with van der Waals surface area (Å²) >= 11 is 0. The fourth-order valence-corrected chi connectivity index (χ4v) is 6.27. The molecule has 0 aromatic carbocycles. The topological polar surface area (TPSA) is 71.1 Å². The second-order valence-electron chi connectivity index (χ2n) is 11.0. The highest BCUT2D eigenvalue weighted by atomic mass is 28.4. The van der Waals surface area contributed by atoms with Gasteiger partial charge in [0.25, 0.3) is 0 Å². The average molecular weight is 453 g/mol. The predicted octanol–water partition coefficient (Wildman–Crippen LogP) is 4.57. The van der Waals surface area contributed by atoms with E-state index in [1.165, 1.54) is 0 Å². The Bertz CT molecular complexity index is 540. The lowest BCUT2D eigenvalue weighted by Gasteiger charge is -2.42. The summed E-state index contributed by atoms with van der Waals surface area (Å²) < 4.78 is 23.9. The van der Waals surface area contributed by atoms with Crippen molar-refractivity contribution in [2.75, 3.05) is 0 Å². The van der Waals surface area contributed by atoms with E-state index in [1.807, 2.05) is 78.6 Å². The van der Waals surface area contributed by atoms with E-state index < -0.39 is 56.9 Å². The first kappa shape index (κ1) is 26.7. The van der Waals surface area contributed by atoms with Crippen molar-refractivity contribution in [3.05, 3.63) is 0 Å². The molecule has 0 aromatic heterocycles. The van der Waals surface area contributed by atoms with Gasteiger partial charge in [-0.1, -0.05) is 0 Å². The van der Waals surface area contributed by atoms with E-state index in [1.54, 1.807) is 6.92 Å². The highest BCUT2D eigenvalue weighted by Gasteiger charge is 2.54. The molecule has 0 aliphatic heterocycles. The van der Waals surface area contributed by atoms with Crippen molar-refractivity contribution in [1.82, 2.24) is 0 Å². The van der Waals surface area contributed by atoms with E-state index in [0.717, 1.165) is 0 Å². The molecule has 0 aliphatic rings. The van der Waals surface area contributed by atoms with E-state index in [4.69, 9.17) is 17.7 Å². The van der Waals surface area contributed by atoms with Crippen LogP contribution in [0.5, 0.6) is 0 Å². The second-order valence-corrected chi connectivity index (χ2v) is 28.7. The van der Waals surface area contributed by atoms with E-state index >= 15 is 0 Å². The second kappa shape index (κ2) is 8.62. The van der Waals surface area contributed by atoms with Gasteiger partial charge in [-0.2, -0.15) is 0 Å². The molecular formula is C17H40O6Si4. The SMILES string of the molecule is C[C@](O[Si](C)(C)C)(C(=O)O[Si](C)(C)C)[C@@H](O[Si](C)(C)C)C(=O)O[Si](C)(C)C. The van der Waals surface area contributed by atoms with Crippen molar-refractivity contribution in [2.24, 2.45) is 0 Å². The zero-order valence-corrected chi connectivity index (χ0v) is 23.5. The van der Waals surface area contributed by atoms with Crippen molar-refractivity contribution in [2.45, 2.75) is 97.2 Å². The van der Waals surface area contributed by atoms with Crippen LogP contribution in [0.3, 0.4) is 0 Å². The Balaban J connectivity index is 6.24. The summed E-state index contributed by atoms with van der Waals surface area (Å²) in [5, 5.41) is 0. The summed E-state index contributed by atoms with van der Waals surface area (Å²) in [7, 11) is -8.79. The molecule has 0 N–H and O–H groups in total. The third kappa shape index (κ3) is 10.7. The first-order valence-corrected chi connectivity index (χ1v) is 23.0. The Labute approximate surface area is 169 Å². The monoisotopic (exact) mass is 452 g/mol. The van der Waals surface area contributed by atoms with Crippen LogP contribution in [0.15, 0.2) is 0 Å². The van der Waals surface area contributed by atoms with Crippen molar-refractivity contribution >= 4 is 45.2 Å². The number of hydrogen-bond acceptors (Lipinski definition) is 6. The zero-order valence-electron chi connectivity index (χ0n) is 19.5. The number of hydrogen-bond donors (Lipinski definition) is 0. The smallest absolute Gasteiger partial charge is 0.327 e. The number of carbonyl (C=O) groups excluding carboxylic acids is 2. The maximum absolute atomic E-state index is 13.2. The Morgan fingerprint density at radius 1 is 0.667 bits per heavy atom. The molecule has 0 rings (SSSR count). The average Bonchev–Trinajstić information content (AvgIpc) is 2.27. The minimum atomic E-state index is -2.22. The molecule has 0 bridgehead atoms. The first-order valence-electron chi connectivity index (χ1n) is 9.40. The van der Waals surface area contributed by atoms with Gasteiger partial charge >= 0.3 is 11.9 Å². The molecule has 0 aromatic rings. The lowest BCUT2D eigenvalue weighted by atomic mass is 10.00. The minimum absolute atomic E-state index is 0.537. The summed E-state index contributed by atoms with van der Waals surface area (Å²) in [5.74, 6) is -1.08. The van der Waals surface area contributed by atoms with Crippen LogP contribution in [0.2, 0.25) is 78.6 Å². The molecule has 0 saturated carbocycles. The molecule has 0 fully saturated rings. The van der Waals surface area contributed by atoms with Gasteiger partial charge < -0.3 is 17.7 Å². The lowest BCUT2D eigenvalue weighted by molar-refractivity contribution is -0.173. The molecule has 0 aliphatic carbocycles. The normalized spacial score (nSPS) is 17.1. The van der Waals surface area contributed by atoms with E-state index in [-0.39, 0.29) is 0 Å². The van der Waals surface area contributed by atoms with Gasteiger partial charge in [-0.05, 0) is 85.5 Å². The van der Waals surface area contributed by atoms with Gasteiger partial charge in [-0.25, -0.2) is 0 Å². The van der Waals surface area contributed by atoms with Crippen LogP contribution in [-0.4, -0.2) is 56.9 Å². The highest BCUT2D eigenvalue weighted by Crippen LogP contribution is 2.30. The fraction of sp³-hybridized carbons (Fsp3) is 0.882. The van der Waals surface area contributed by atoms with Gasteiger partial charge in [0.15, 0.2) is 28.3 Å². The molecular weight excluding hydrogens is 413 g/mol. The van der Waals surface area contributed by atoms with Gasteiger partial charge in [-0.3, -0.25) is 9.59 Å². The van der Waals surface area contributed by atoms with Crippen molar-refractivity contribution in [3.63, 3.8) is 0 Å². The molecule has 2 atom stereocenters. The quantitative estimate of drug-likeness (QED) is 0.477. The molecule has 10 heteroatoms. The van der Waals surface area contributed by atoms with Gasteiger partial charge in [0.1, 0.15) is 0 Å². The van der Waals surface area contributed by atoms with Crippen molar-refractivity contribution in [1.29, 1.82) is 0 Å². The van der Waals surface area contributed by atoms with Crippen molar-refractivity contribution < 1.29 is 27.3 Å². The molecule has 0 amide bonds. The van der Waals surface area contributed by atoms with Crippen LogP contribution >= 0.6 is 0 Å². The molecule has 27 heavy (non-hydrogen) atoms. The zero-order chi connectivity index (χ0) is 22.1. The molecule has 0 saturated heterocycles. The van der Waals surface area contributed by atoms with E-state index in [2.05, 4.69) is 0 Å². The Hall–Kier alpha value is -0.272. The summed E-state index contributed by atoms with van der Waals surface area (Å²) in [4.78, 5) is 26.3. The molecule has 0 spiro atoms. The molecule has 0 heterocycles. The van der Waals surface area contributed by atoms with Gasteiger partial charge in [-0.15, -0.1) is 0 Å². The first-order chi connectivity index (χ1) is 11.6. The highest BCUT2D eigenvalue weighted by molar-refractivity contribution is 6.72. The van der Waals surface area contributed by atoms with Crippen LogP contribution < -0.4 is 0 Å². The number of carbonyl (C=O) groups is 2. The Morgan fingerprint density at radius 2 is 1.07 bits per heavy atom. The van der Waals surface area contributed by atoms with Crippen LogP contribution in [0.1, 0.15) is 6.92 Å². The summed E-state index contributed by atoms with van der Waals surface area (Å²) in [6, 6.07) is 0. The van der Waals surface area contributed by atoms with E-state index in [0.29, 0.717) is 0 Å². The number of rotatable bonds is 9. The summed E-state index contributed by atoms with van der Waals surface area (Å²) in [5.41, 5.74) is -1.54. The van der Waals surface area contributed by atoms with E-state index in [9.17, 15) is 9.59 Å². The Kier molecular flexibility index (Phi) is 8.53. The molecule has 0 unspecified atom stereocenters. The predicted molar refractivity (Wildman–Crippen MR) is 120 cm³/mol. The minimum Gasteiger partial charge on any atom is -0.518 e. The summed E-state index contributed by atoms with van der Waals surface area (Å²) in [6.07, 6.45) is -1.15. The fourth-order valence-electron chi connectivity index (χ4n) is 2.31. The largest absolute Gasteiger partial charge is 0.518 e. The maximum Gasteiger partial charge on any atom is 0.327 e. The van der Waals surface area contributed by atoms with Crippen LogP contribution in [0, 0.1) is 0 Å². The molecule has 6 nitrogen and oxygen atoms in total. The third-order valence-corrected chi connectivity index (χ3v) is 6.51. The summed E-state index contributed by atoms with van der Waals surface area (Å²) in [6.45, 7) is 25.0. The third-order valence-electron chi connectivity index (χ3n) is 2.91. The maximum atomic E-state index is 13.2. The van der Waals surface area contributed by atoms with Crippen molar-refractivity contribution in [3.8, 4) is 0 Å². The van der Waals surface area contributed by atoms with Gasteiger partial charge in [0.05, 0.1) is 0 Å². The lowest BCUT2D eigenvalue weighted by Crippen LogP contribution is -2.62. The van der Waals surface area contributed by atoms with Gasteiger partial charge in [0.2, 0.25) is 16.6 Å². The molecule has 160 valence electrons. The molecule has 0 radical (unpaired) electrons. The standard InChI is InChI=1S/C17H40O6Si4/c1-17(23-27(11,12)13,16(19)22-26(8,9)10)14(20-24(2,3)4)15(18)21-25(5,6)7/h14H,1-13H3/t14-,17+/m0/s1.